The van der Waals surface area contributed by atoms with Crippen LogP contribution >= 0.6 is 0 Å². The standard InChI is InChI=1S/C14H16F2N4/c15-14(16)20-8-18-19-13(20)12(9-3-1-4-9)10-5-2-6-11(17)7-10/h2,5-9,12,14H,1,3-4,17H2. The lowest BCUT2D eigenvalue weighted by molar-refractivity contribution is 0.0639. The molecule has 0 spiro atoms. The number of nitrogens with two attached hydrogens (primary N) is 1. The van der Waals surface area contributed by atoms with Crippen LogP contribution in [0, 0.1) is 5.92 Å². The van der Waals surface area contributed by atoms with Crippen LogP contribution in [-0.4, -0.2) is 14.8 Å². The predicted octanol–water partition coefficient (Wildman–Crippen LogP) is 3.19. The highest BCUT2D eigenvalue weighted by Crippen LogP contribution is 2.43. The smallest absolute Gasteiger partial charge is 0.321 e. The fourth-order valence-electron chi connectivity index (χ4n) is 2.78. The average Bonchev–Trinajstić information content (AvgIpc) is 2.82. The average molecular weight is 278 g/mol. The van der Waals surface area contributed by atoms with Crippen molar-refractivity contribution >= 4 is 5.69 Å². The summed E-state index contributed by atoms with van der Waals surface area (Å²) in [6, 6.07) is 7.40. The molecule has 2 N–H and O–H groups in total. The van der Waals surface area contributed by atoms with Gasteiger partial charge in [-0.05, 0) is 36.5 Å². The molecule has 1 heterocycles. The first-order chi connectivity index (χ1) is 9.66. The molecule has 6 heteroatoms. The molecule has 1 fully saturated rings. The number of hydrogen-bond donors (Lipinski definition) is 1. The lowest BCUT2D eigenvalue weighted by Crippen LogP contribution is -2.24. The van der Waals surface area contributed by atoms with Gasteiger partial charge < -0.3 is 5.73 Å². The van der Waals surface area contributed by atoms with E-state index in [2.05, 4.69) is 10.2 Å². The van der Waals surface area contributed by atoms with Crippen molar-refractivity contribution in [3.8, 4) is 0 Å². The van der Waals surface area contributed by atoms with Crippen molar-refractivity contribution < 1.29 is 8.78 Å². The molecular weight excluding hydrogens is 262 g/mol. The third kappa shape index (κ3) is 2.26. The summed E-state index contributed by atoms with van der Waals surface area (Å²) in [5.74, 6) is 0.498. The largest absolute Gasteiger partial charge is 0.399 e. The fourth-order valence-corrected chi connectivity index (χ4v) is 2.78. The summed E-state index contributed by atoms with van der Waals surface area (Å²) in [5, 5.41) is 7.59. The van der Waals surface area contributed by atoms with Gasteiger partial charge in [0.2, 0.25) is 0 Å². The summed E-state index contributed by atoms with van der Waals surface area (Å²) in [7, 11) is 0. The van der Waals surface area contributed by atoms with E-state index in [-0.39, 0.29) is 5.92 Å². The Morgan fingerprint density at radius 2 is 2.10 bits per heavy atom. The second kappa shape index (κ2) is 5.19. The van der Waals surface area contributed by atoms with Crippen molar-refractivity contribution in [2.75, 3.05) is 5.73 Å². The van der Waals surface area contributed by atoms with E-state index in [0.717, 1.165) is 35.7 Å². The number of hydrogen-bond acceptors (Lipinski definition) is 3. The first-order valence-electron chi connectivity index (χ1n) is 6.70. The Morgan fingerprint density at radius 3 is 2.70 bits per heavy atom. The van der Waals surface area contributed by atoms with E-state index in [0.29, 0.717) is 17.4 Å². The molecule has 0 saturated heterocycles. The van der Waals surface area contributed by atoms with Crippen LogP contribution in [0.1, 0.15) is 43.1 Å². The molecule has 0 bridgehead atoms. The molecule has 4 nitrogen and oxygen atoms in total. The Kier molecular flexibility index (Phi) is 3.38. The van der Waals surface area contributed by atoms with Crippen molar-refractivity contribution in [2.45, 2.75) is 31.7 Å². The van der Waals surface area contributed by atoms with E-state index in [1.54, 1.807) is 6.07 Å². The summed E-state index contributed by atoms with van der Waals surface area (Å²) < 4.78 is 27.0. The van der Waals surface area contributed by atoms with Crippen molar-refractivity contribution in [1.82, 2.24) is 14.8 Å². The number of anilines is 1. The maximum absolute atomic E-state index is 13.1. The minimum absolute atomic E-state index is 0.163. The Labute approximate surface area is 115 Å². The van der Waals surface area contributed by atoms with Gasteiger partial charge in [0.1, 0.15) is 12.2 Å². The van der Waals surface area contributed by atoms with Crippen LogP contribution in [0.15, 0.2) is 30.6 Å². The fraction of sp³-hybridized carbons (Fsp3) is 0.429. The van der Waals surface area contributed by atoms with Crippen molar-refractivity contribution in [3.63, 3.8) is 0 Å². The summed E-state index contributed by atoms with van der Waals surface area (Å²) in [6.45, 7) is -2.62. The lowest BCUT2D eigenvalue weighted by Gasteiger charge is -2.33. The van der Waals surface area contributed by atoms with Crippen molar-refractivity contribution in [3.05, 3.63) is 42.0 Å². The minimum atomic E-state index is -2.62. The highest BCUT2D eigenvalue weighted by molar-refractivity contribution is 5.43. The second-order valence-corrected chi connectivity index (χ2v) is 5.21. The molecule has 1 unspecified atom stereocenters. The van der Waals surface area contributed by atoms with Crippen molar-refractivity contribution in [1.29, 1.82) is 0 Å². The molecule has 1 saturated carbocycles. The number of benzene rings is 1. The van der Waals surface area contributed by atoms with Gasteiger partial charge in [0, 0.05) is 11.6 Å². The number of nitrogens with zero attached hydrogens (tertiary/aromatic N) is 3. The van der Waals surface area contributed by atoms with Crippen LogP contribution in [0.5, 0.6) is 0 Å². The van der Waals surface area contributed by atoms with E-state index < -0.39 is 6.55 Å². The molecule has 2 aromatic rings. The van der Waals surface area contributed by atoms with E-state index >= 15 is 0 Å². The summed E-state index contributed by atoms with van der Waals surface area (Å²) in [6.07, 6.45) is 4.27. The molecule has 0 amide bonds. The molecule has 3 rings (SSSR count). The molecule has 1 aliphatic carbocycles. The summed E-state index contributed by atoms with van der Waals surface area (Å²) in [4.78, 5) is 0. The molecule has 1 aromatic heterocycles. The van der Waals surface area contributed by atoms with E-state index in [9.17, 15) is 8.78 Å². The maximum Gasteiger partial charge on any atom is 0.321 e. The molecule has 20 heavy (non-hydrogen) atoms. The lowest BCUT2D eigenvalue weighted by atomic mass is 9.72. The van der Waals surface area contributed by atoms with Gasteiger partial charge in [0.15, 0.2) is 0 Å². The normalized spacial score (nSPS) is 17.1. The highest BCUT2D eigenvalue weighted by atomic mass is 19.3. The molecule has 1 aromatic carbocycles. The Hall–Kier alpha value is -1.98. The van der Waals surface area contributed by atoms with Gasteiger partial charge in [-0.1, -0.05) is 18.6 Å². The molecule has 106 valence electrons. The van der Waals surface area contributed by atoms with Crippen LogP contribution in [0.3, 0.4) is 0 Å². The van der Waals surface area contributed by atoms with Crippen LogP contribution in [-0.2, 0) is 0 Å². The third-order valence-electron chi connectivity index (χ3n) is 3.98. The zero-order chi connectivity index (χ0) is 14.1. The van der Waals surface area contributed by atoms with Crippen molar-refractivity contribution in [2.24, 2.45) is 5.92 Å². The van der Waals surface area contributed by atoms with Crippen LogP contribution < -0.4 is 5.73 Å². The minimum Gasteiger partial charge on any atom is -0.399 e. The SMILES string of the molecule is Nc1cccc(C(c2nncn2C(F)F)C2CCC2)c1. The summed E-state index contributed by atoms with van der Waals surface area (Å²) >= 11 is 0. The number of rotatable bonds is 4. The zero-order valence-electron chi connectivity index (χ0n) is 10.9. The van der Waals surface area contributed by atoms with Crippen LogP contribution in [0.25, 0.3) is 0 Å². The Balaban J connectivity index is 2.04. The Bertz CT molecular complexity index is 592. The monoisotopic (exact) mass is 278 g/mol. The number of halogens is 2. The van der Waals surface area contributed by atoms with Gasteiger partial charge in [-0.2, -0.15) is 8.78 Å². The van der Waals surface area contributed by atoms with Crippen LogP contribution in [0.2, 0.25) is 0 Å². The van der Waals surface area contributed by atoms with Gasteiger partial charge in [-0.15, -0.1) is 10.2 Å². The summed E-state index contributed by atoms with van der Waals surface area (Å²) in [5.41, 5.74) is 7.39. The first kappa shape index (κ1) is 13.0. The quantitative estimate of drug-likeness (QED) is 0.874. The van der Waals surface area contributed by atoms with Gasteiger partial charge in [0.25, 0.3) is 0 Å². The molecule has 0 radical (unpaired) electrons. The topological polar surface area (TPSA) is 56.7 Å². The zero-order valence-corrected chi connectivity index (χ0v) is 10.9. The highest BCUT2D eigenvalue weighted by Gasteiger charge is 2.34. The molecular formula is C14H16F2N4. The van der Waals surface area contributed by atoms with E-state index in [4.69, 9.17) is 5.73 Å². The first-order valence-corrected chi connectivity index (χ1v) is 6.70. The second-order valence-electron chi connectivity index (χ2n) is 5.21. The van der Waals surface area contributed by atoms with E-state index in [1.165, 1.54) is 0 Å². The molecule has 1 atom stereocenters. The van der Waals surface area contributed by atoms with E-state index in [1.807, 2.05) is 18.2 Å². The number of nitrogen functional groups attached to an aromatic ring is 1. The number of alkyl halides is 2. The Morgan fingerprint density at radius 1 is 1.30 bits per heavy atom. The third-order valence-corrected chi connectivity index (χ3v) is 3.98. The predicted molar refractivity (Wildman–Crippen MR) is 71.3 cm³/mol. The van der Waals surface area contributed by atoms with Gasteiger partial charge in [-0.25, -0.2) is 0 Å². The van der Waals surface area contributed by atoms with Gasteiger partial charge in [-0.3, -0.25) is 4.57 Å². The maximum atomic E-state index is 13.1. The number of aromatic nitrogens is 3. The molecule has 1 aliphatic rings. The van der Waals surface area contributed by atoms with Gasteiger partial charge in [0.05, 0.1) is 0 Å². The molecule has 0 aliphatic heterocycles. The van der Waals surface area contributed by atoms with Crippen LogP contribution in [0.4, 0.5) is 14.5 Å². The van der Waals surface area contributed by atoms with Gasteiger partial charge >= 0.3 is 6.55 Å².